The molecule has 0 saturated heterocycles. The van der Waals surface area contributed by atoms with Crippen molar-refractivity contribution in [3.05, 3.63) is 0 Å². The first kappa shape index (κ1) is 20.0. The minimum absolute atomic E-state index is 0.0274. The van der Waals surface area contributed by atoms with Crippen molar-refractivity contribution in [1.29, 1.82) is 0 Å². The fourth-order valence-corrected chi connectivity index (χ4v) is 3.40. The van der Waals surface area contributed by atoms with Crippen LogP contribution in [0.3, 0.4) is 0 Å². The van der Waals surface area contributed by atoms with E-state index >= 15 is 0 Å². The molecule has 0 radical (unpaired) electrons. The molecule has 1 N–H and O–H groups in total. The number of esters is 1. The summed E-state index contributed by atoms with van der Waals surface area (Å²) in [4.78, 5) is 22.2. The van der Waals surface area contributed by atoms with Gasteiger partial charge in [-0.25, -0.2) is 0 Å². The van der Waals surface area contributed by atoms with Crippen molar-refractivity contribution in [2.75, 3.05) is 13.2 Å². The van der Waals surface area contributed by atoms with Crippen LogP contribution in [0, 0.1) is 11.8 Å². The highest BCUT2D eigenvalue weighted by Crippen LogP contribution is 2.32. The van der Waals surface area contributed by atoms with E-state index in [1.165, 1.54) is 38.5 Å². The summed E-state index contributed by atoms with van der Waals surface area (Å²) in [5.74, 6) is 1.01. The Balaban J connectivity index is 1.98. The topological polar surface area (TPSA) is 55.4 Å². The molecule has 23 heavy (non-hydrogen) atoms. The Morgan fingerprint density at radius 1 is 1.04 bits per heavy atom. The summed E-state index contributed by atoms with van der Waals surface area (Å²) < 4.78 is 5.43. The van der Waals surface area contributed by atoms with E-state index < -0.39 is 0 Å². The Bertz CT molecular complexity index is 312. The molecule has 0 aromatic rings. The van der Waals surface area contributed by atoms with E-state index in [0.29, 0.717) is 6.61 Å². The third kappa shape index (κ3) is 9.62. The van der Waals surface area contributed by atoms with Crippen molar-refractivity contribution in [3.8, 4) is 0 Å². The molecular weight excluding hydrogens is 290 g/mol. The molecule has 1 saturated carbocycles. The number of amides is 1. The predicted molar refractivity (Wildman–Crippen MR) is 93.1 cm³/mol. The van der Waals surface area contributed by atoms with Crippen LogP contribution in [0.25, 0.3) is 0 Å². The molecule has 1 amide bonds. The van der Waals surface area contributed by atoms with Crippen molar-refractivity contribution >= 4 is 12.4 Å². The molecule has 1 aliphatic carbocycles. The third-order valence-corrected chi connectivity index (χ3v) is 4.94. The van der Waals surface area contributed by atoms with Crippen LogP contribution in [0.4, 0.5) is 0 Å². The average Bonchev–Trinajstić information content (AvgIpc) is 2.58. The number of carbonyl (C=O) groups is 2. The molecule has 0 unspecified atom stereocenters. The Hall–Kier alpha value is -1.06. The second-order valence-electron chi connectivity index (χ2n) is 6.87. The quantitative estimate of drug-likeness (QED) is 0.313. The number of nitrogens with one attached hydrogen (secondary N) is 1. The summed E-state index contributed by atoms with van der Waals surface area (Å²) in [6, 6.07) is 0. The van der Waals surface area contributed by atoms with Gasteiger partial charge in [0.25, 0.3) is 0 Å². The summed E-state index contributed by atoms with van der Waals surface area (Å²) in [5, 5.41) is 2.65. The van der Waals surface area contributed by atoms with E-state index in [2.05, 4.69) is 12.2 Å². The zero-order valence-corrected chi connectivity index (χ0v) is 14.9. The van der Waals surface area contributed by atoms with E-state index in [1.807, 2.05) is 0 Å². The summed E-state index contributed by atoms with van der Waals surface area (Å²) in [6.07, 6.45) is 14.5. The molecule has 0 aromatic heterocycles. The third-order valence-electron chi connectivity index (χ3n) is 4.94. The Kier molecular flexibility index (Phi) is 11.6. The van der Waals surface area contributed by atoms with Gasteiger partial charge in [-0.3, -0.25) is 9.59 Å². The van der Waals surface area contributed by atoms with E-state index in [0.717, 1.165) is 57.4 Å². The van der Waals surface area contributed by atoms with Crippen LogP contribution in [0.2, 0.25) is 0 Å². The van der Waals surface area contributed by atoms with Gasteiger partial charge in [-0.15, -0.1) is 0 Å². The molecule has 1 rings (SSSR count). The van der Waals surface area contributed by atoms with Crippen LogP contribution in [0.1, 0.15) is 84.0 Å². The van der Waals surface area contributed by atoms with Gasteiger partial charge in [-0.2, -0.15) is 0 Å². The van der Waals surface area contributed by atoms with Crippen LogP contribution in [0.15, 0.2) is 0 Å². The van der Waals surface area contributed by atoms with Gasteiger partial charge in [0.1, 0.15) is 0 Å². The standard InChI is InChI=1S/C19H35NO3/c1-2-3-6-9-17-10-12-18(13-11-17)19(22)23-15-8-5-4-7-14-20-16-21/h16-18H,2-15H2,1H3,(H,20,21). The van der Waals surface area contributed by atoms with Gasteiger partial charge >= 0.3 is 5.97 Å². The number of rotatable bonds is 13. The fraction of sp³-hybridized carbons (Fsp3) is 0.895. The minimum Gasteiger partial charge on any atom is -0.465 e. The van der Waals surface area contributed by atoms with Crippen LogP contribution in [-0.2, 0) is 14.3 Å². The Morgan fingerprint density at radius 3 is 2.48 bits per heavy atom. The fourth-order valence-electron chi connectivity index (χ4n) is 3.40. The lowest BCUT2D eigenvalue weighted by atomic mass is 9.80. The van der Waals surface area contributed by atoms with E-state index in [4.69, 9.17) is 4.74 Å². The van der Waals surface area contributed by atoms with Crippen LogP contribution < -0.4 is 5.32 Å². The molecule has 0 atom stereocenters. The maximum atomic E-state index is 12.1. The molecule has 0 aliphatic heterocycles. The molecule has 4 nitrogen and oxygen atoms in total. The maximum absolute atomic E-state index is 12.1. The molecule has 1 aliphatic rings. The lowest BCUT2D eigenvalue weighted by Crippen LogP contribution is -2.24. The first-order valence-corrected chi connectivity index (χ1v) is 9.61. The van der Waals surface area contributed by atoms with Crippen molar-refractivity contribution in [1.82, 2.24) is 5.32 Å². The molecule has 0 aromatic carbocycles. The van der Waals surface area contributed by atoms with Gasteiger partial charge in [0.2, 0.25) is 6.41 Å². The van der Waals surface area contributed by atoms with Crippen LogP contribution in [-0.4, -0.2) is 25.5 Å². The normalized spacial score (nSPS) is 20.9. The summed E-state index contributed by atoms with van der Waals surface area (Å²) >= 11 is 0. The van der Waals surface area contributed by atoms with E-state index in [1.54, 1.807) is 0 Å². The van der Waals surface area contributed by atoms with Crippen molar-refractivity contribution in [2.45, 2.75) is 84.0 Å². The number of carbonyl (C=O) groups excluding carboxylic acids is 2. The van der Waals surface area contributed by atoms with Gasteiger partial charge in [0, 0.05) is 6.54 Å². The lowest BCUT2D eigenvalue weighted by Gasteiger charge is -2.27. The number of unbranched alkanes of at least 4 members (excludes halogenated alkanes) is 5. The molecule has 4 heteroatoms. The van der Waals surface area contributed by atoms with Crippen molar-refractivity contribution in [2.24, 2.45) is 11.8 Å². The highest BCUT2D eigenvalue weighted by atomic mass is 16.5. The van der Waals surface area contributed by atoms with Gasteiger partial charge in [-0.05, 0) is 50.9 Å². The maximum Gasteiger partial charge on any atom is 0.308 e. The number of hydrogen-bond acceptors (Lipinski definition) is 3. The molecular formula is C19H35NO3. The minimum atomic E-state index is 0.0274. The zero-order valence-electron chi connectivity index (χ0n) is 14.9. The molecule has 0 bridgehead atoms. The number of ether oxygens (including phenoxy) is 1. The smallest absolute Gasteiger partial charge is 0.308 e. The van der Waals surface area contributed by atoms with Crippen LogP contribution >= 0.6 is 0 Å². The molecule has 0 spiro atoms. The average molecular weight is 325 g/mol. The van der Waals surface area contributed by atoms with Crippen molar-refractivity contribution in [3.63, 3.8) is 0 Å². The van der Waals surface area contributed by atoms with Crippen molar-refractivity contribution < 1.29 is 14.3 Å². The zero-order chi connectivity index (χ0) is 16.8. The molecule has 0 heterocycles. The first-order chi connectivity index (χ1) is 11.3. The molecule has 134 valence electrons. The van der Waals surface area contributed by atoms with Gasteiger partial charge in [-0.1, -0.05) is 39.0 Å². The van der Waals surface area contributed by atoms with E-state index in [9.17, 15) is 9.59 Å². The highest BCUT2D eigenvalue weighted by molar-refractivity contribution is 5.72. The largest absolute Gasteiger partial charge is 0.465 e. The second-order valence-corrected chi connectivity index (χ2v) is 6.87. The summed E-state index contributed by atoms with van der Waals surface area (Å²) in [5.41, 5.74) is 0. The van der Waals surface area contributed by atoms with Gasteiger partial charge in [0.15, 0.2) is 0 Å². The van der Waals surface area contributed by atoms with Crippen LogP contribution in [0.5, 0.6) is 0 Å². The van der Waals surface area contributed by atoms with Gasteiger partial charge < -0.3 is 10.1 Å². The highest BCUT2D eigenvalue weighted by Gasteiger charge is 2.26. The first-order valence-electron chi connectivity index (χ1n) is 9.61. The van der Waals surface area contributed by atoms with Gasteiger partial charge in [0.05, 0.1) is 12.5 Å². The SMILES string of the molecule is CCCCCC1CCC(C(=O)OCCCCCCNC=O)CC1. The monoisotopic (exact) mass is 325 g/mol. The predicted octanol–water partition coefficient (Wildman–Crippen LogP) is 4.22. The summed E-state index contributed by atoms with van der Waals surface area (Å²) in [7, 11) is 0. The lowest BCUT2D eigenvalue weighted by molar-refractivity contribution is -0.150. The van der Waals surface area contributed by atoms with E-state index in [-0.39, 0.29) is 11.9 Å². The summed E-state index contributed by atoms with van der Waals surface area (Å²) in [6.45, 7) is 3.54. The Labute approximate surface area is 141 Å². The Morgan fingerprint density at radius 2 is 1.78 bits per heavy atom. The second kappa shape index (κ2) is 13.4. The molecule has 1 fully saturated rings. The number of hydrogen-bond donors (Lipinski definition) is 1.